The number of nitrogens with two attached hydrogens (primary N) is 3. The molecular formula is C102H104Br5ClN20O16. The number of hydrogen-bond donors (Lipinski definition) is 6. The molecule has 0 fully saturated rings. The Hall–Kier alpha value is -14.7. The Kier molecular flexibility index (Phi) is 44.5. The van der Waals surface area contributed by atoms with Gasteiger partial charge in [-0.15, -0.1) is 0 Å². The minimum Gasteiger partial charge on any atom is -0.481 e. The number of aromatic nitrogens is 10. The molecule has 5 aromatic heterocycles. The van der Waals surface area contributed by atoms with Gasteiger partial charge in [0, 0.05) is 178 Å². The molecule has 0 spiro atoms. The number of hydrogen-bond acceptors (Lipinski definition) is 25. The number of benzene rings is 12. The third-order valence-electron chi connectivity index (χ3n) is 21.0. The van der Waals surface area contributed by atoms with Crippen LogP contribution in [-0.4, -0.2) is 124 Å². The Labute approximate surface area is 876 Å². The van der Waals surface area contributed by atoms with Crippen LogP contribution in [0.4, 0.5) is 56.9 Å². The molecule has 42 heteroatoms. The van der Waals surface area contributed by atoms with E-state index >= 15 is 0 Å². The van der Waals surface area contributed by atoms with Crippen molar-refractivity contribution in [1.82, 2.24) is 48.6 Å². The maximum absolute atomic E-state index is 11.5. The number of nitro benzene ring substituents is 5. The molecule has 17 aromatic rings. The van der Waals surface area contributed by atoms with Crippen molar-refractivity contribution in [2.45, 2.75) is 106 Å². The molecule has 0 saturated carbocycles. The van der Waals surface area contributed by atoms with Gasteiger partial charge in [-0.3, -0.25) is 55.4 Å². The minimum atomic E-state index is -0.875. The summed E-state index contributed by atoms with van der Waals surface area (Å²) >= 11 is 21.7. The van der Waals surface area contributed by atoms with Crippen LogP contribution >= 0.6 is 91.3 Å². The summed E-state index contributed by atoms with van der Waals surface area (Å²) in [6, 6.07) is 79.5. The zero-order valence-electron chi connectivity index (χ0n) is 78.2. The number of non-ortho nitro benzene ring substituents is 5. The summed E-state index contributed by atoms with van der Waals surface area (Å²) < 4.78 is 28.4. The quantitative estimate of drug-likeness (QED) is 0.00883. The normalized spacial score (nSPS) is 11.7. The molecule has 12 aromatic carbocycles. The lowest BCUT2D eigenvalue weighted by atomic mass is 10.0. The van der Waals surface area contributed by atoms with Gasteiger partial charge in [-0.1, -0.05) is 229 Å². The van der Waals surface area contributed by atoms with Crippen LogP contribution in [0.5, 0.6) is 0 Å². The maximum Gasteiger partial charge on any atom is 0.300 e. The van der Waals surface area contributed by atoms with Crippen molar-refractivity contribution in [3.8, 4) is 22.3 Å². The van der Waals surface area contributed by atoms with Crippen molar-refractivity contribution < 1.29 is 53.5 Å². The molecule has 36 nitrogen and oxygen atoms in total. The summed E-state index contributed by atoms with van der Waals surface area (Å²) in [5.41, 5.74) is 35.5. The standard InChI is InChI=1S/C21H17N3O2.C21H19N3.C15H12BrN3O2.C10H11BrN2O3.C8H6BrN3O2.C7H7Br.C6H6BrN3O2.C5H2ClN3.C5H12O3.C2H4O2.2CH4/c1-15-22-21-19(17-10-6-3-7-11-17)12-18(24(25)26)13-20(21)23(15)14-16-8-4-2-5-9-16;1-15-23-21-19(17-10-6-3-7-11-17)12-18(22)13-20(21)24(15)14-16-8-4-2-5-9-16;1-10-17-15-13(16)7-12(19(20)21)8-14(15)18(10)9-11-5-3-2-4-6-11;1-10(16-2)5-7-8(11)3-6(13(14)15)4-9(7)12-10;1-4-10-7-3-5(12(13)14)2-6(9)8(7)11-4;8-6-7-4-2-1-3-5-7;7-4-1-3(10(11)12)2-5(8)6(4)9;1-7-4-2-8-5(6)9-3-4;1-5(6-2,7-3)8-4;1-2(3)4;;/h2-13H,14H2,1H3;2-13H,14,22H2,1H3;2-8H,9H2,1H3;3-4,12H,5H2,1-2H3;2-3H,1H3,(H,10,11);1-5H,6H2;1-2H,8-9H2;2-3H;1-4H3;1H3,(H,3,4);2*1H4. The molecule has 1 aliphatic rings. The van der Waals surface area contributed by atoms with E-state index in [1.807, 2.05) is 182 Å². The van der Waals surface area contributed by atoms with Gasteiger partial charge in [0.1, 0.15) is 40.1 Å². The highest BCUT2D eigenvalue weighted by molar-refractivity contribution is 9.11. The number of H-pyrrole nitrogens is 1. The lowest BCUT2D eigenvalue weighted by Gasteiger charge is -2.23. The number of halogens is 6. The van der Waals surface area contributed by atoms with Crippen molar-refractivity contribution >= 4 is 198 Å². The first-order valence-electron chi connectivity index (χ1n) is 42.5. The number of alkyl halides is 1. The number of aromatic amines is 1. The Balaban J connectivity index is 0.000000224. The molecule has 1 aliphatic heterocycles. The summed E-state index contributed by atoms with van der Waals surface area (Å²) in [6.45, 7) is 20.9. The predicted molar refractivity (Wildman–Crippen MR) is 583 cm³/mol. The summed E-state index contributed by atoms with van der Waals surface area (Å²) in [5.74, 6) is 1.69. The number of nitrogens with zero attached hydrogens (tertiary/aromatic N) is 15. The Morgan fingerprint density at radius 3 is 1.23 bits per heavy atom. The summed E-state index contributed by atoms with van der Waals surface area (Å²) in [5, 5.41) is 65.8. The van der Waals surface area contributed by atoms with E-state index in [-0.39, 0.29) is 64.1 Å². The summed E-state index contributed by atoms with van der Waals surface area (Å²) in [6.07, 6.45) is 3.43. The number of rotatable bonds is 18. The molecule has 0 bridgehead atoms. The number of imidazole rings is 4. The van der Waals surface area contributed by atoms with Crippen LogP contribution in [0.3, 0.4) is 0 Å². The van der Waals surface area contributed by atoms with Crippen LogP contribution < -0.4 is 22.5 Å². The van der Waals surface area contributed by atoms with Gasteiger partial charge in [0.15, 0.2) is 0 Å². The number of aryl methyl sites for hydroxylation is 4. The fraction of sp³-hybridized carbons (Fsp3) is 0.196. The number of nitrogens with one attached hydrogen (secondary N) is 2. The average Bonchev–Trinajstić information content (AvgIpc) is 1.65. The first-order chi connectivity index (χ1) is 67.6. The van der Waals surface area contributed by atoms with Crippen LogP contribution in [0.15, 0.2) is 285 Å². The molecule has 1 unspecified atom stereocenters. The molecule has 6 heterocycles. The highest BCUT2D eigenvalue weighted by Crippen LogP contribution is 2.42. The van der Waals surface area contributed by atoms with Gasteiger partial charge in [0.25, 0.3) is 40.4 Å². The Morgan fingerprint density at radius 2 is 0.847 bits per heavy atom. The molecule has 0 amide bonds. The van der Waals surface area contributed by atoms with E-state index in [2.05, 4.69) is 168 Å². The van der Waals surface area contributed by atoms with Crippen molar-refractivity contribution in [1.29, 1.82) is 0 Å². The second kappa shape index (κ2) is 55.1. The Bertz CT molecular complexity index is 7270. The smallest absolute Gasteiger partial charge is 0.300 e. The van der Waals surface area contributed by atoms with Gasteiger partial charge >= 0.3 is 0 Å². The van der Waals surface area contributed by atoms with Gasteiger partial charge in [0.05, 0.1) is 84.6 Å². The first kappa shape index (κ1) is 116. The molecule has 18 rings (SSSR count). The third-order valence-corrected chi connectivity index (χ3v) is 24.4. The number of carbonyl (C=O) groups is 1. The van der Waals surface area contributed by atoms with E-state index in [0.717, 1.165) is 130 Å². The third kappa shape index (κ3) is 32.7. The van der Waals surface area contributed by atoms with Crippen molar-refractivity contribution in [2.24, 2.45) is 0 Å². The monoisotopic (exact) mass is 2290 g/mol. The van der Waals surface area contributed by atoms with Crippen molar-refractivity contribution in [3.05, 3.63) is 403 Å². The van der Waals surface area contributed by atoms with Crippen LogP contribution in [0.25, 0.3) is 71.2 Å². The number of aliphatic carboxylic acids is 1. The van der Waals surface area contributed by atoms with E-state index in [1.165, 1.54) is 87.3 Å². The molecule has 0 radical (unpaired) electrons. The van der Waals surface area contributed by atoms with E-state index in [9.17, 15) is 50.6 Å². The lowest BCUT2D eigenvalue weighted by Crippen LogP contribution is -2.34. The molecule has 1 atom stereocenters. The number of anilines is 4. The van der Waals surface area contributed by atoms with Crippen LogP contribution in [0, 0.1) is 84.8 Å². The SMILES string of the molecule is BrCc1ccccc1.C.C.CC(=O)O.COC(C)(OC)OC.COC1(C)Cc2c(Br)cc([N+](=O)[O-])cc2N1.Cc1nc2c(-c3ccccc3)cc(N)cc2n1Cc1ccccc1.Cc1nc2c(-c3ccccc3)cc([N+](=O)[O-])cc2n1Cc1ccccc1.Cc1nc2c(Br)cc([N+](=O)[O-])cc2[nH]1.Cc1nc2c(Br)cc([N+](=O)[O-])cc2n1Cc1ccccc1.Nc1cc([N+](=O)[O-])cc(Br)c1N.[C-]#[N+]c1cnc(Cl)nc1. The zero-order chi connectivity index (χ0) is 104. The lowest BCUT2D eigenvalue weighted by molar-refractivity contribution is -0.385. The number of methoxy groups -OCH3 is 4. The van der Waals surface area contributed by atoms with Gasteiger partial charge in [-0.2, -0.15) is 0 Å². The first-order valence-corrected chi connectivity index (χ1v) is 47.2. The molecule has 9 N–H and O–H groups in total. The molecule has 0 aliphatic carbocycles. The topological polar surface area (TPSA) is 492 Å². The van der Waals surface area contributed by atoms with Crippen LogP contribution in [0.1, 0.15) is 86.7 Å². The van der Waals surface area contributed by atoms with Crippen molar-refractivity contribution in [2.75, 3.05) is 51.0 Å². The van der Waals surface area contributed by atoms with E-state index in [4.69, 9.17) is 74.2 Å². The van der Waals surface area contributed by atoms with Crippen LogP contribution in [-0.2, 0) is 55.1 Å². The predicted octanol–water partition coefficient (Wildman–Crippen LogP) is 26.7. The second-order valence-corrected chi connectivity index (χ2v) is 35.3. The number of fused-ring (bicyclic) bond motifs is 5. The van der Waals surface area contributed by atoms with Crippen molar-refractivity contribution in [3.63, 3.8) is 0 Å². The fourth-order valence-electron chi connectivity index (χ4n) is 13.8. The van der Waals surface area contributed by atoms with Crippen LogP contribution in [0.2, 0.25) is 5.28 Å². The number of nitro groups is 5. The van der Waals surface area contributed by atoms with Gasteiger partial charge in [0.2, 0.25) is 11.0 Å². The summed E-state index contributed by atoms with van der Waals surface area (Å²) in [4.78, 5) is 92.4. The molecule has 0 saturated heterocycles. The number of carboxylic acids is 1. The highest BCUT2D eigenvalue weighted by atomic mass is 79.9. The van der Waals surface area contributed by atoms with E-state index in [0.29, 0.717) is 55.3 Å². The maximum atomic E-state index is 11.5. The number of nitrogen functional groups attached to an aromatic ring is 3. The zero-order valence-corrected chi connectivity index (χ0v) is 86.9. The minimum absolute atomic E-state index is 0. The van der Waals surface area contributed by atoms with E-state index in [1.54, 1.807) is 39.2 Å². The number of ether oxygens (including phenoxy) is 4. The van der Waals surface area contributed by atoms with Gasteiger partial charge < -0.3 is 65.3 Å². The molecule has 144 heavy (non-hydrogen) atoms. The molecular weight excluding hydrogens is 2200 g/mol. The highest BCUT2D eigenvalue weighted by Gasteiger charge is 2.35. The second-order valence-electron chi connectivity index (χ2n) is 31.0. The number of carboxylic acid groups (broad SMARTS) is 1. The summed E-state index contributed by atoms with van der Waals surface area (Å²) in [7, 11) is 6.17. The Morgan fingerprint density at radius 1 is 0.500 bits per heavy atom. The van der Waals surface area contributed by atoms with E-state index < -0.39 is 32.4 Å². The largest absolute Gasteiger partial charge is 0.481 e. The molecule has 750 valence electrons. The fourth-order valence-corrected chi connectivity index (χ4v) is 16.3. The van der Waals surface area contributed by atoms with Gasteiger partial charge in [-0.05, 0) is 145 Å². The average molecular weight is 2300 g/mol. The van der Waals surface area contributed by atoms with Gasteiger partial charge in [-0.25, -0.2) is 34.7 Å².